The highest BCUT2D eigenvalue weighted by atomic mass is 32.2. The van der Waals surface area contributed by atoms with Gasteiger partial charge >= 0.3 is 0 Å². The number of hydrogen-bond acceptors (Lipinski definition) is 19. The summed E-state index contributed by atoms with van der Waals surface area (Å²) >= 11 is 0. The summed E-state index contributed by atoms with van der Waals surface area (Å²) in [7, 11) is -9.75. The molecule has 4 aromatic carbocycles. The van der Waals surface area contributed by atoms with E-state index in [0.29, 0.717) is 30.9 Å². The third-order valence-electron chi connectivity index (χ3n) is 8.54. The number of anilines is 10. The quantitative estimate of drug-likeness (QED) is 0.0274. The third-order valence-corrected chi connectivity index (χ3v) is 10.4. The predicted octanol–water partition coefficient (Wildman–Crippen LogP) is 4.25. The van der Waals surface area contributed by atoms with E-state index in [-0.39, 0.29) is 84.5 Å². The lowest BCUT2D eigenvalue weighted by atomic mass is 10.1. The van der Waals surface area contributed by atoms with Crippen LogP contribution in [0.25, 0.3) is 12.2 Å². The Hall–Kier alpha value is -6.86. The van der Waals surface area contributed by atoms with Crippen LogP contribution in [-0.2, 0) is 20.2 Å². The Kier molecular flexibility index (Phi) is 14.9. The first-order chi connectivity index (χ1) is 29.8. The maximum Gasteiger partial charge on any atom is 0.295 e. The van der Waals surface area contributed by atoms with E-state index < -0.39 is 30.0 Å². The number of para-hydroxylation sites is 2. The zero-order valence-electron chi connectivity index (χ0n) is 32.8. The Morgan fingerprint density at radius 3 is 1.35 bits per heavy atom. The van der Waals surface area contributed by atoms with E-state index in [0.717, 1.165) is 12.1 Å². The zero-order chi connectivity index (χ0) is 44.1. The molecule has 0 aliphatic heterocycles. The molecule has 0 unspecified atom stereocenters. The van der Waals surface area contributed by atoms with E-state index in [9.17, 15) is 36.2 Å². The maximum absolute atomic E-state index is 12.7. The first-order valence-corrected chi connectivity index (χ1v) is 21.7. The molecule has 0 saturated heterocycles. The Balaban J connectivity index is 1.29. The summed E-state index contributed by atoms with van der Waals surface area (Å²) in [5.41, 5.74) is 7.21. The number of nitrogens with two attached hydrogens (primary N) is 1. The normalized spacial score (nSPS) is 11.6. The number of nitrogens with zero attached hydrogens (tertiary/aromatic N) is 7. The molecule has 6 aromatic rings. The van der Waals surface area contributed by atoms with Gasteiger partial charge in [0.1, 0.15) is 9.79 Å². The minimum Gasteiger partial charge on any atom is -0.395 e. The predicted molar refractivity (Wildman–Crippen MR) is 236 cm³/mol. The molecular formula is C39H43N13O8S2. The number of aliphatic hydroxyl groups is 2. The van der Waals surface area contributed by atoms with Crippen molar-refractivity contribution >= 4 is 90.8 Å². The molecule has 0 radical (unpaired) electrons. The van der Waals surface area contributed by atoms with Crippen molar-refractivity contribution in [3.8, 4) is 0 Å². The second-order valence-corrected chi connectivity index (χ2v) is 15.9. The molecule has 0 aliphatic carbocycles. The van der Waals surface area contributed by atoms with Crippen molar-refractivity contribution in [2.75, 3.05) is 70.9 Å². The average molecular weight is 886 g/mol. The number of hydrogen-bond donors (Lipinski definition) is 10. The van der Waals surface area contributed by atoms with Crippen molar-refractivity contribution in [1.82, 2.24) is 29.9 Å². The molecule has 2 heterocycles. The molecule has 62 heavy (non-hydrogen) atoms. The van der Waals surface area contributed by atoms with E-state index in [2.05, 4.69) is 56.5 Å². The Bertz CT molecular complexity index is 2710. The lowest BCUT2D eigenvalue weighted by Crippen LogP contribution is -2.31. The topological polar surface area (TPSA) is 316 Å². The summed E-state index contributed by atoms with van der Waals surface area (Å²) in [6.07, 6.45) is 3.15. The van der Waals surface area contributed by atoms with E-state index in [1.807, 2.05) is 36.4 Å². The van der Waals surface area contributed by atoms with Gasteiger partial charge in [0.25, 0.3) is 20.2 Å². The van der Waals surface area contributed by atoms with Gasteiger partial charge in [-0.05, 0) is 72.6 Å². The second-order valence-electron chi connectivity index (χ2n) is 13.1. The summed E-state index contributed by atoms with van der Waals surface area (Å²) in [4.78, 5) is 26.8. The fourth-order valence-corrected chi connectivity index (χ4v) is 7.15. The van der Waals surface area contributed by atoms with Crippen molar-refractivity contribution in [2.24, 2.45) is 5.73 Å². The van der Waals surface area contributed by atoms with E-state index >= 15 is 0 Å². The van der Waals surface area contributed by atoms with Gasteiger partial charge in [0.15, 0.2) is 0 Å². The van der Waals surface area contributed by atoms with Crippen LogP contribution < -0.4 is 37.2 Å². The van der Waals surface area contributed by atoms with Gasteiger partial charge in [0.2, 0.25) is 35.7 Å². The summed E-state index contributed by atoms with van der Waals surface area (Å²) in [5, 5.41) is 34.3. The lowest BCUT2D eigenvalue weighted by Gasteiger charge is -2.21. The van der Waals surface area contributed by atoms with Crippen molar-refractivity contribution in [2.45, 2.75) is 16.2 Å². The highest BCUT2D eigenvalue weighted by molar-refractivity contribution is 7.86. The maximum atomic E-state index is 12.7. The van der Waals surface area contributed by atoms with Gasteiger partial charge < -0.3 is 47.4 Å². The summed E-state index contributed by atoms with van der Waals surface area (Å²) in [5.74, 6) is 0.561. The number of aliphatic hydroxyl groups excluding tert-OH is 2. The van der Waals surface area contributed by atoms with Crippen LogP contribution in [0.3, 0.4) is 0 Å². The van der Waals surface area contributed by atoms with Gasteiger partial charge in [-0.25, -0.2) is 0 Å². The number of aromatic nitrogens is 6. The molecule has 0 atom stereocenters. The first kappa shape index (κ1) is 44.7. The molecule has 0 aliphatic rings. The van der Waals surface area contributed by atoms with Gasteiger partial charge in [-0.15, -0.1) is 0 Å². The van der Waals surface area contributed by atoms with Crippen molar-refractivity contribution in [3.05, 3.63) is 108 Å². The summed E-state index contributed by atoms with van der Waals surface area (Å²) < 4.78 is 71.3. The molecule has 23 heteroatoms. The average Bonchev–Trinajstić information content (AvgIpc) is 3.23. The van der Waals surface area contributed by atoms with Crippen molar-refractivity contribution < 1.29 is 36.2 Å². The zero-order valence-corrected chi connectivity index (χ0v) is 34.4. The fraction of sp³-hybridized carbons (Fsp3) is 0.179. The lowest BCUT2D eigenvalue weighted by molar-refractivity contribution is 0.280. The summed E-state index contributed by atoms with van der Waals surface area (Å²) in [6, 6.07) is 26.1. The highest BCUT2D eigenvalue weighted by Gasteiger charge is 2.20. The standard InChI is InChI=1S/C39H43N13O8S2/c40-18-7-19-41-34-46-35(42-28-8-3-1-4-9-28)48-36(47-34)44-30-16-14-26(32(24-30)61(55,56)57)12-13-27-15-17-31(25-33(27)62(58,59)60)45-38-49-37(43-29-10-5-2-6-11-29)50-39(51-38)52(20-22-53)21-23-54/h1-6,8-17,24-25,53-54H,7,18-23,40H2,(H,55,56,57)(H,58,59,60)(H2,43,45,49,50,51)(H3,41,42,44,46,47,48)/b13-12+. The van der Waals surface area contributed by atoms with E-state index in [4.69, 9.17) is 5.73 Å². The van der Waals surface area contributed by atoms with Gasteiger partial charge in [0.05, 0.1) is 13.2 Å². The van der Waals surface area contributed by atoms with Crippen LogP contribution in [0.2, 0.25) is 0 Å². The Morgan fingerprint density at radius 2 is 0.952 bits per heavy atom. The molecule has 0 bridgehead atoms. The van der Waals surface area contributed by atoms with Crippen LogP contribution in [0.5, 0.6) is 0 Å². The van der Waals surface area contributed by atoms with E-state index in [1.165, 1.54) is 41.3 Å². The molecule has 0 amide bonds. The van der Waals surface area contributed by atoms with E-state index in [1.54, 1.807) is 24.3 Å². The third kappa shape index (κ3) is 12.6. The van der Waals surface area contributed by atoms with Crippen LogP contribution in [0.4, 0.5) is 58.4 Å². The number of nitrogens with one attached hydrogen (secondary N) is 5. The molecule has 11 N–H and O–H groups in total. The first-order valence-electron chi connectivity index (χ1n) is 18.8. The smallest absolute Gasteiger partial charge is 0.295 e. The molecule has 6 rings (SSSR count). The van der Waals surface area contributed by atoms with Gasteiger partial charge in [0, 0.05) is 42.4 Å². The monoisotopic (exact) mass is 885 g/mol. The van der Waals surface area contributed by atoms with Gasteiger partial charge in [-0.1, -0.05) is 60.7 Å². The van der Waals surface area contributed by atoms with Crippen LogP contribution in [0, 0.1) is 0 Å². The molecule has 2 aromatic heterocycles. The minimum absolute atomic E-state index is 0.0285. The highest BCUT2D eigenvalue weighted by Crippen LogP contribution is 2.29. The van der Waals surface area contributed by atoms with Crippen LogP contribution in [0.15, 0.2) is 107 Å². The number of rotatable bonds is 21. The Morgan fingerprint density at radius 1 is 0.548 bits per heavy atom. The fourth-order valence-electron chi connectivity index (χ4n) is 5.73. The van der Waals surface area contributed by atoms with Crippen LogP contribution >= 0.6 is 0 Å². The number of benzene rings is 4. The van der Waals surface area contributed by atoms with Gasteiger partial charge in [-0.2, -0.15) is 46.7 Å². The molecule has 0 fully saturated rings. The molecule has 21 nitrogen and oxygen atoms in total. The molecular weight excluding hydrogens is 843 g/mol. The molecule has 0 spiro atoms. The second kappa shape index (κ2) is 20.6. The largest absolute Gasteiger partial charge is 0.395 e. The Labute approximate surface area is 356 Å². The summed E-state index contributed by atoms with van der Waals surface area (Å²) in [6.45, 7) is 0.555. The SMILES string of the molecule is NCCCNc1nc(Nc2ccccc2)nc(Nc2ccc(/C=C/c3ccc(Nc4nc(Nc5ccccc5)nc(N(CCO)CCO)n4)cc3S(=O)(=O)O)c(S(=O)(=O)O)c2)n1. The minimum atomic E-state index is -4.89. The van der Waals surface area contributed by atoms with Crippen LogP contribution in [0.1, 0.15) is 17.5 Å². The molecule has 324 valence electrons. The van der Waals surface area contributed by atoms with Crippen LogP contribution in [-0.4, -0.2) is 105 Å². The van der Waals surface area contributed by atoms with Crippen molar-refractivity contribution in [1.29, 1.82) is 0 Å². The van der Waals surface area contributed by atoms with Gasteiger partial charge in [-0.3, -0.25) is 9.11 Å². The molecule has 0 saturated carbocycles. The van der Waals surface area contributed by atoms with Crippen molar-refractivity contribution in [3.63, 3.8) is 0 Å².